The molecule has 1 amide bonds. The fourth-order valence-corrected chi connectivity index (χ4v) is 3.45. The molecule has 0 fully saturated rings. The lowest BCUT2D eigenvalue weighted by Crippen LogP contribution is -2.39. The maximum atomic E-state index is 11.6. The number of unbranched alkanes of at least 4 members (excludes halogenated alkanes) is 8. The monoisotopic (exact) mass is 358 g/mol. The van der Waals surface area contributed by atoms with Gasteiger partial charge in [0.1, 0.15) is 0 Å². The first-order valence-corrected chi connectivity index (χ1v) is 10.2. The third kappa shape index (κ3) is 7.11. The van der Waals surface area contributed by atoms with Crippen LogP contribution >= 0.6 is 0 Å². The lowest BCUT2D eigenvalue weighted by Gasteiger charge is -2.30. The minimum Gasteiger partial charge on any atom is -0.465 e. The molecule has 0 atom stereocenters. The van der Waals surface area contributed by atoms with Crippen molar-refractivity contribution in [1.29, 1.82) is 0 Å². The summed E-state index contributed by atoms with van der Waals surface area (Å²) in [5.74, 6) is 0. The molecule has 4 nitrogen and oxygen atoms in total. The maximum Gasteiger partial charge on any atom is 0.408 e. The summed E-state index contributed by atoms with van der Waals surface area (Å²) < 4.78 is 0. The first kappa shape index (κ1) is 20.3. The van der Waals surface area contributed by atoms with E-state index < -0.39 is 6.09 Å². The zero-order valence-electron chi connectivity index (χ0n) is 16.2. The van der Waals surface area contributed by atoms with Crippen LogP contribution in [0, 0.1) is 0 Å². The molecule has 0 spiro atoms. The highest BCUT2D eigenvalue weighted by Crippen LogP contribution is 2.19. The first-order valence-electron chi connectivity index (χ1n) is 10.2. The van der Waals surface area contributed by atoms with Gasteiger partial charge < -0.3 is 10.0 Å². The van der Waals surface area contributed by atoms with Crippen molar-refractivity contribution in [2.75, 3.05) is 13.2 Å². The number of hydrogen-bond donors (Lipinski definition) is 1. The van der Waals surface area contributed by atoms with E-state index in [9.17, 15) is 9.90 Å². The topological polar surface area (TPSA) is 43.8 Å². The van der Waals surface area contributed by atoms with E-state index in [-0.39, 0.29) is 0 Å². The Balaban J connectivity index is 1.64. The Morgan fingerprint density at radius 2 is 1.69 bits per heavy atom. The second-order valence-corrected chi connectivity index (χ2v) is 7.28. The van der Waals surface area contributed by atoms with Crippen molar-refractivity contribution < 1.29 is 9.90 Å². The molecule has 0 saturated carbocycles. The predicted octanol–water partition coefficient (Wildman–Crippen LogP) is 5.94. The van der Waals surface area contributed by atoms with Crippen LogP contribution in [0.3, 0.4) is 0 Å². The molecule has 1 aliphatic heterocycles. The minimum atomic E-state index is -0.822. The molecule has 1 aromatic rings. The molecule has 0 aromatic heterocycles. The van der Waals surface area contributed by atoms with Gasteiger partial charge in [-0.05, 0) is 23.6 Å². The van der Waals surface area contributed by atoms with E-state index in [1.807, 2.05) is 18.3 Å². The van der Waals surface area contributed by atoms with Crippen LogP contribution in [-0.2, 0) is 6.54 Å². The van der Waals surface area contributed by atoms with Gasteiger partial charge in [-0.1, -0.05) is 82.6 Å². The molecule has 0 saturated heterocycles. The lowest BCUT2D eigenvalue weighted by atomic mass is 10.0. The number of amides is 1. The number of benzene rings is 1. The summed E-state index contributed by atoms with van der Waals surface area (Å²) in [5.41, 5.74) is 2.48. The zero-order chi connectivity index (χ0) is 18.6. The highest BCUT2D eigenvalue weighted by molar-refractivity contribution is 5.65. The molecule has 1 heterocycles. The molecule has 1 N–H and O–H groups in total. The summed E-state index contributed by atoms with van der Waals surface area (Å²) in [4.78, 5) is 15.2. The van der Waals surface area contributed by atoms with Crippen molar-refractivity contribution in [3.63, 3.8) is 0 Å². The fraction of sp³-hybridized carbons (Fsp3) is 0.591. The largest absolute Gasteiger partial charge is 0.465 e. The summed E-state index contributed by atoms with van der Waals surface area (Å²) >= 11 is 0. The molecular weight excluding hydrogens is 324 g/mol. The Hall–Kier alpha value is -1.97. The molecule has 0 radical (unpaired) electrons. The van der Waals surface area contributed by atoms with E-state index >= 15 is 0 Å². The van der Waals surface area contributed by atoms with Crippen molar-refractivity contribution in [1.82, 2.24) is 9.80 Å². The van der Waals surface area contributed by atoms with Crippen LogP contribution < -0.4 is 0 Å². The average molecular weight is 359 g/mol. The SMILES string of the molecule is CCCCCCCCCCCN(CN1C=Cc2ccccc2C1)C(=O)O. The van der Waals surface area contributed by atoms with Crippen LogP contribution in [0.5, 0.6) is 0 Å². The molecule has 26 heavy (non-hydrogen) atoms. The van der Waals surface area contributed by atoms with Crippen LogP contribution in [-0.4, -0.2) is 34.2 Å². The van der Waals surface area contributed by atoms with E-state index in [4.69, 9.17) is 0 Å². The quantitative estimate of drug-likeness (QED) is 0.470. The Bertz CT molecular complexity index is 571. The normalized spacial score (nSPS) is 12.9. The molecule has 2 rings (SSSR count). The Morgan fingerprint density at radius 3 is 2.38 bits per heavy atom. The van der Waals surface area contributed by atoms with Crippen molar-refractivity contribution in [3.8, 4) is 0 Å². The third-order valence-corrected chi connectivity index (χ3v) is 5.05. The lowest BCUT2D eigenvalue weighted by molar-refractivity contribution is 0.116. The Kier molecular flexibility index (Phi) is 9.08. The molecule has 0 aliphatic carbocycles. The minimum absolute atomic E-state index is 0.442. The van der Waals surface area contributed by atoms with Gasteiger partial charge >= 0.3 is 6.09 Å². The second-order valence-electron chi connectivity index (χ2n) is 7.28. The van der Waals surface area contributed by atoms with E-state index in [0.717, 1.165) is 19.4 Å². The summed E-state index contributed by atoms with van der Waals surface area (Å²) in [6, 6.07) is 8.28. The molecule has 4 heteroatoms. The van der Waals surface area contributed by atoms with Crippen LogP contribution in [0.1, 0.15) is 75.8 Å². The van der Waals surface area contributed by atoms with E-state index in [1.54, 1.807) is 4.90 Å². The molecule has 0 bridgehead atoms. The number of rotatable bonds is 12. The number of carbonyl (C=O) groups is 1. The maximum absolute atomic E-state index is 11.6. The number of fused-ring (bicyclic) bond motifs is 1. The van der Waals surface area contributed by atoms with Gasteiger partial charge in [-0.3, -0.25) is 4.90 Å². The highest BCUT2D eigenvalue weighted by Gasteiger charge is 2.16. The van der Waals surface area contributed by atoms with Gasteiger partial charge in [0.2, 0.25) is 0 Å². The van der Waals surface area contributed by atoms with Crippen LogP contribution in [0.15, 0.2) is 30.5 Å². The summed E-state index contributed by atoms with van der Waals surface area (Å²) in [6.45, 7) is 4.08. The Morgan fingerprint density at radius 1 is 1.04 bits per heavy atom. The molecule has 0 unspecified atom stereocenters. The van der Waals surface area contributed by atoms with Crippen molar-refractivity contribution >= 4 is 12.2 Å². The van der Waals surface area contributed by atoms with E-state index in [2.05, 4.69) is 30.0 Å². The van der Waals surface area contributed by atoms with Crippen molar-refractivity contribution in [2.24, 2.45) is 0 Å². The van der Waals surface area contributed by atoms with E-state index in [0.29, 0.717) is 13.2 Å². The highest BCUT2D eigenvalue weighted by atomic mass is 16.4. The van der Waals surface area contributed by atoms with Crippen LogP contribution in [0.2, 0.25) is 0 Å². The van der Waals surface area contributed by atoms with Gasteiger partial charge in [0.15, 0.2) is 0 Å². The van der Waals surface area contributed by atoms with E-state index in [1.165, 1.54) is 56.1 Å². The average Bonchev–Trinajstić information content (AvgIpc) is 2.65. The second kappa shape index (κ2) is 11.6. The van der Waals surface area contributed by atoms with Gasteiger partial charge in [-0.25, -0.2) is 4.79 Å². The Labute approximate surface area is 158 Å². The summed E-state index contributed by atoms with van der Waals surface area (Å²) in [5, 5.41) is 9.50. The van der Waals surface area contributed by atoms with Crippen molar-refractivity contribution in [2.45, 2.75) is 71.3 Å². The predicted molar refractivity (Wildman–Crippen MR) is 108 cm³/mol. The molecule has 1 aromatic carbocycles. The number of hydrogen-bond acceptors (Lipinski definition) is 2. The molecule has 1 aliphatic rings. The van der Waals surface area contributed by atoms with Crippen LogP contribution in [0.4, 0.5) is 4.79 Å². The standard InChI is InChI=1S/C22H34N2O2/c1-2-3-4-5-6-7-8-9-12-16-24(22(25)26)19-23-17-15-20-13-10-11-14-21(20)18-23/h10-11,13-15,17H,2-9,12,16,18-19H2,1H3,(H,25,26). The van der Waals surface area contributed by atoms with Crippen molar-refractivity contribution in [3.05, 3.63) is 41.6 Å². The number of carboxylic acid groups (broad SMARTS) is 1. The zero-order valence-corrected chi connectivity index (χ0v) is 16.2. The molecular formula is C22H34N2O2. The first-order chi connectivity index (χ1) is 12.7. The summed E-state index contributed by atoms with van der Waals surface area (Å²) in [7, 11) is 0. The van der Waals surface area contributed by atoms with Gasteiger partial charge in [0, 0.05) is 19.3 Å². The number of nitrogens with zero attached hydrogens (tertiary/aromatic N) is 2. The van der Waals surface area contributed by atoms with Gasteiger partial charge in [-0.2, -0.15) is 0 Å². The van der Waals surface area contributed by atoms with Gasteiger partial charge in [0.05, 0.1) is 6.67 Å². The fourth-order valence-electron chi connectivity index (χ4n) is 3.45. The van der Waals surface area contributed by atoms with Gasteiger partial charge in [-0.15, -0.1) is 0 Å². The summed E-state index contributed by atoms with van der Waals surface area (Å²) in [6.07, 6.45) is 14.5. The molecule has 144 valence electrons. The van der Waals surface area contributed by atoms with Gasteiger partial charge in [0.25, 0.3) is 0 Å². The smallest absolute Gasteiger partial charge is 0.408 e. The third-order valence-electron chi connectivity index (χ3n) is 5.05. The van der Waals surface area contributed by atoms with Crippen LogP contribution in [0.25, 0.3) is 6.08 Å².